The first kappa shape index (κ1) is 50.9. The first-order valence-electron chi connectivity index (χ1n) is 20.6. The number of aliphatic hydroxyl groups excluding tert-OH is 2. The molecule has 0 bridgehead atoms. The molecular weight excluding hydrogens is 695 g/mol. The Balaban J connectivity index is 3.92. The number of rotatable bonds is 38. The maximum absolute atomic E-state index is 12.3. The summed E-state index contributed by atoms with van der Waals surface area (Å²) in [5.74, 6) is -1.03. The van der Waals surface area contributed by atoms with Crippen LogP contribution < -0.4 is 0 Å². The van der Waals surface area contributed by atoms with Crippen LogP contribution in [0.4, 0.5) is 0 Å². The topological polar surface area (TPSA) is 149 Å². The third kappa shape index (κ3) is 36.7. The number of hydrogen-bond donors (Lipinski definition) is 3. The molecule has 0 saturated heterocycles. The minimum atomic E-state index is -4.63. The second-order valence-electron chi connectivity index (χ2n) is 13.6. The zero-order valence-electron chi connectivity index (χ0n) is 33.2. The first-order valence-corrected chi connectivity index (χ1v) is 22.1. The number of hydrogen-bond acceptors (Lipinski definition) is 9. The minimum absolute atomic E-state index is 0.182. The van der Waals surface area contributed by atoms with Gasteiger partial charge in [0.1, 0.15) is 12.2 Å². The number of carbonyl (C=O) groups excluding carboxylic acids is 2. The van der Waals surface area contributed by atoms with Gasteiger partial charge in [0.25, 0.3) is 0 Å². The third-order valence-corrected chi connectivity index (χ3v) is 9.51. The van der Waals surface area contributed by atoms with Gasteiger partial charge in [-0.15, -0.1) is 0 Å². The normalized spacial score (nSPS) is 14.4. The highest BCUT2D eigenvalue weighted by Crippen LogP contribution is 2.43. The smallest absolute Gasteiger partial charge is 0.457 e. The molecule has 11 heteroatoms. The van der Waals surface area contributed by atoms with Crippen LogP contribution in [0.25, 0.3) is 0 Å². The van der Waals surface area contributed by atoms with Crippen LogP contribution in [0.3, 0.4) is 0 Å². The standard InChI is InChI=1S/C42H75O10P/c1-3-5-7-9-11-13-14-15-16-17-18-19-20-21-22-23-24-26-28-30-32-34-42(46)52-40(36-44)38-50-53(47,48)49-37-39(35-43)51-41(45)33-31-29-27-25-12-10-8-6-4-2/h5,7,11,13,15-16,18-19,39-40,43-44H,3-4,6,8-10,12,14,17,20-38H2,1-2H3,(H,47,48)/b7-5-,13-11-,16-15-,19-18-. The van der Waals surface area contributed by atoms with Crippen LogP contribution in [0.2, 0.25) is 0 Å². The molecule has 0 aromatic carbocycles. The molecule has 0 fully saturated rings. The molecule has 0 aromatic heterocycles. The predicted octanol–water partition coefficient (Wildman–Crippen LogP) is 10.6. The van der Waals surface area contributed by atoms with Gasteiger partial charge in [-0.2, -0.15) is 0 Å². The highest BCUT2D eigenvalue weighted by Gasteiger charge is 2.27. The molecule has 10 nitrogen and oxygen atoms in total. The van der Waals surface area contributed by atoms with Gasteiger partial charge in [0.2, 0.25) is 0 Å². The lowest BCUT2D eigenvalue weighted by molar-refractivity contribution is -0.153. The van der Waals surface area contributed by atoms with E-state index in [1.54, 1.807) is 0 Å². The summed E-state index contributed by atoms with van der Waals surface area (Å²) in [4.78, 5) is 34.4. The molecule has 0 aliphatic carbocycles. The van der Waals surface area contributed by atoms with Gasteiger partial charge in [0.15, 0.2) is 0 Å². The fourth-order valence-electron chi connectivity index (χ4n) is 5.40. The zero-order valence-corrected chi connectivity index (χ0v) is 34.1. The molecule has 0 heterocycles. The number of phosphoric ester groups is 1. The maximum atomic E-state index is 12.3. The van der Waals surface area contributed by atoms with E-state index in [0.717, 1.165) is 70.6 Å². The monoisotopic (exact) mass is 771 g/mol. The van der Waals surface area contributed by atoms with E-state index in [1.807, 2.05) is 0 Å². The van der Waals surface area contributed by atoms with Crippen molar-refractivity contribution in [2.75, 3.05) is 26.4 Å². The molecule has 3 N–H and O–H groups in total. The lowest BCUT2D eigenvalue weighted by Gasteiger charge is -2.20. The zero-order chi connectivity index (χ0) is 39.1. The molecule has 3 unspecified atom stereocenters. The van der Waals surface area contributed by atoms with E-state index in [2.05, 4.69) is 62.5 Å². The summed E-state index contributed by atoms with van der Waals surface area (Å²) in [6, 6.07) is 0. The molecule has 308 valence electrons. The van der Waals surface area contributed by atoms with E-state index in [4.69, 9.17) is 18.5 Å². The van der Waals surface area contributed by atoms with Gasteiger partial charge in [0.05, 0.1) is 26.4 Å². The number of esters is 2. The summed E-state index contributed by atoms with van der Waals surface area (Å²) in [6.45, 7) is 2.05. The van der Waals surface area contributed by atoms with Crippen LogP contribution in [0, 0.1) is 0 Å². The van der Waals surface area contributed by atoms with Gasteiger partial charge in [0, 0.05) is 12.8 Å². The molecule has 0 amide bonds. The summed E-state index contributed by atoms with van der Waals surface area (Å²) in [5.41, 5.74) is 0. The summed E-state index contributed by atoms with van der Waals surface area (Å²) in [6.07, 6.45) is 39.5. The summed E-state index contributed by atoms with van der Waals surface area (Å²) in [7, 11) is -4.63. The van der Waals surface area contributed by atoms with Crippen molar-refractivity contribution in [3.63, 3.8) is 0 Å². The molecule has 0 rings (SSSR count). The number of phosphoric acid groups is 1. The average molecular weight is 771 g/mol. The Bertz CT molecular complexity index is 1030. The van der Waals surface area contributed by atoms with E-state index < -0.39 is 58.4 Å². The van der Waals surface area contributed by atoms with E-state index in [1.165, 1.54) is 57.8 Å². The molecule has 0 aliphatic heterocycles. The van der Waals surface area contributed by atoms with Crippen LogP contribution in [0.1, 0.15) is 168 Å². The fraction of sp³-hybridized carbons (Fsp3) is 0.762. The molecule has 53 heavy (non-hydrogen) atoms. The summed E-state index contributed by atoms with van der Waals surface area (Å²) in [5, 5.41) is 19.1. The van der Waals surface area contributed by atoms with E-state index in [0.29, 0.717) is 12.8 Å². The quantitative estimate of drug-likeness (QED) is 0.0240. The minimum Gasteiger partial charge on any atom is -0.457 e. The molecule has 0 aromatic rings. The molecule has 0 spiro atoms. The number of unbranched alkanes of at least 4 members (excludes halogenated alkanes) is 16. The van der Waals surface area contributed by atoms with Gasteiger partial charge >= 0.3 is 19.8 Å². The fourth-order valence-corrected chi connectivity index (χ4v) is 6.18. The summed E-state index contributed by atoms with van der Waals surface area (Å²) >= 11 is 0. The van der Waals surface area contributed by atoms with Crippen LogP contribution in [0.5, 0.6) is 0 Å². The van der Waals surface area contributed by atoms with Crippen molar-refractivity contribution in [2.24, 2.45) is 0 Å². The van der Waals surface area contributed by atoms with Crippen molar-refractivity contribution in [3.8, 4) is 0 Å². The van der Waals surface area contributed by atoms with Crippen LogP contribution in [0.15, 0.2) is 48.6 Å². The van der Waals surface area contributed by atoms with Gasteiger partial charge in [-0.25, -0.2) is 4.57 Å². The van der Waals surface area contributed by atoms with E-state index in [-0.39, 0.29) is 12.8 Å². The van der Waals surface area contributed by atoms with Gasteiger partial charge in [-0.3, -0.25) is 18.6 Å². The summed E-state index contributed by atoms with van der Waals surface area (Å²) < 4.78 is 32.4. The van der Waals surface area contributed by atoms with Crippen molar-refractivity contribution >= 4 is 19.8 Å². The Hall–Kier alpha value is -2.07. The Labute approximate surface area is 322 Å². The van der Waals surface area contributed by atoms with E-state index in [9.17, 15) is 29.3 Å². The number of ether oxygens (including phenoxy) is 2. The predicted molar refractivity (Wildman–Crippen MR) is 214 cm³/mol. The highest BCUT2D eigenvalue weighted by atomic mass is 31.2. The Kier molecular flexibility index (Phi) is 36.7. The second kappa shape index (κ2) is 38.2. The van der Waals surface area contributed by atoms with Crippen molar-refractivity contribution in [1.29, 1.82) is 0 Å². The van der Waals surface area contributed by atoms with Crippen LogP contribution >= 0.6 is 7.82 Å². The molecule has 0 saturated carbocycles. The lowest BCUT2D eigenvalue weighted by Crippen LogP contribution is -2.28. The SMILES string of the molecule is CC/C=C\C/C=C\C/C=C\C/C=C\CCCCCCCCCCC(=O)OC(CO)COP(=O)(O)OCC(CO)OC(=O)CCCCCCCCCCC. The van der Waals surface area contributed by atoms with Gasteiger partial charge < -0.3 is 24.6 Å². The van der Waals surface area contributed by atoms with Crippen LogP contribution in [-0.2, 0) is 32.7 Å². The first-order chi connectivity index (χ1) is 25.8. The van der Waals surface area contributed by atoms with Gasteiger partial charge in [-0.05, 0) is 51.4 Å². The third-order valence-electron chi connectivity index (χ3n) is 8.56. The lowest BCUT2D eigenvalue weighted by atomic mass is 10.1. The Morgan fingerprint density at radius 1 is 0.528 bits per heavy atom. The number of aliphatic hydroxyl groups is 2. The largest absolute Gasteiger partial charge is 0.472 e. The van der Waals surface area contributed by atoms with E-state index >= 15 is 0 Å². The second-order valence-corrected chi connectivity index (χ2v) is 15.0. The molecular formula is C42H75O10P. The number of carbonyl (C=O) groups is 2. The molecule has 0 aliphatic rings. The van der Waals surface area contributed by atoms with Gasteiger partial charge in [-0.1, -0.05) is 152 Å². The Morgan fingerprint density at radius 3 is 1.28 bits per heavy atom. The maximum Gasteiger partial charge on any atom is 0.472 e. The van der Waals surface area contributed by atoms with Crippen molar-refractivity contribution in [3.05, 3.63) is 48.6 Å². The van der Waals surface area contributed by atoms with Crippen molar-refractivity contribution < 1.29 is 47.8 Å². The average Bonchev–Trinajstić information content (AvgIpc) is 3.14. The Morgan fingerprint density at radius 2 is 0.887 bits per heavy atom. The molecule has 0 radical (unpaired) electrons. The molecule has 3 atom stereocenters. The van der Waals surface area contributed by atoms with Crippen molar-refractivity contribution in [2.45, 2.75) is 180 Å². The van der Waals surface area contributed by atoms with Crippen LogP contribution in [-0.4, -0.2) is 65.7 Å². The van der Waals surface area contributed by atoms with Crippen molar-refractivity contribution in [1.82, 2.24) is 0 Å². The highest BCUT2D eigenvalue weighted by molar-refractivity contribution is 7.47. The number of allylic oxidation sites excluding steroid dienone is 8.